The minimum absolute atomic E-state index is 0.665. The van der Waals surface area contributed by atoms with Crippen molar-refractivity contribution in [1.82, 2.24) is 0 Å². The van der Waals surface area contributed by atoms with Crippen molar-refractivity contribution in [3.63, 3.8) is 0 Å². The number of aliphatic imine (C=N–C) groups is 1. The van der Waals surface area contributed by atoms with Gasteiger partial charge in [0, 0.05) is 45.1 Å². The zero-order valence-electron chi connectivity index (χ0n) is 22.0. The maximum atomic E-state index is 4.99. The minimum Gasteiger partial charge on any atom is -0.378 e. The van der Waals surface area contributed by atoms with Crippen LogP contribution in [-0.4, -0.2) is 33.9 Å². The Labute approximate surface area is 220 Å². The smallest absolute Gasteiger partial charge is 0.0657 e. The molecule has 0 saturated heterocycles. The number of hydrogen-bond donors (Lipinski definition) is 0. The van der Waals surface area contributed by atoms with Crippen LogP contribution in [0, 0.1) is 0 Å². The molecule has 184 valence electrons. The third-order valence-electron chi connectivity index (χ3n) is 6.79. The van der Waals surface area contributed by atoms with Gasteiger partial charge in [0.2, 0.25) is 0 Å². The Balaban J connectivity index is 1.66. The molecule has 0 unspecified atom stereocenters. The quantitative estimate of drug-likeness (QED) is 0.286. The lowest BCUT2D eigenvalue weighted by Gasteiger charge is -2.22. The molecule has 3 nitrogen and oxygen atoms in total. The number of allylic oxidation sites excluding steroid dienone is 3. The fourth-order valence-corrected chi connectivity index (χ4v) is 4.73. The number of hydrogen-bond acceptors (Lipinski definition) is 3. The van der Waals surface area contributed by atoms with E-state index in [1.54, 1.807) is 0 Å². The standard InChI is InChI=1S/C34H33N3/c1-36(2)28-18-14-26(15-19-28)34(27-16-20-29(21-17-27)37(3)4)32-22-23-33(31-13-9-8-12-30(31)32)35-24-25-10-6-5-7-11-25/h5-23H,24H2,1-4H3. The van der Waals surface area contributed by atoms with E-state index in [-0.39, 0.29) is 0 Å². The van der Waals surface area contributed by atoms with Crippen LogP contribution in [0.4, 0.5) is 11.4 Å². The van der Waals surface area contributed by atoms with E-state index >= 15 is 0 Å². The lowest BCUT2D eigenvalue weighted by molar-refractivity contribution is 1.07. The summed E-state index contributed by atoms with van der Waals surface area (Å²) in [6.45, 7) is 0.665. The second-order valence-corrected chi connectivity index (χ2v) is 9.74. The molecule has 0 N–H and O–H groups in total. The SMILES string of the molecule is CN(C)c1ccc(C(=C2C=CC(=NCc3ccccc3)c3ccccc32)c2ccc(N(C)C)cc2)cc1. The van der Waals surface area contributed by atoms with Crippen molar-refractivity contribution < 1.29 is 0 Å². The Morgan fingerprint density at radius 2 is 1.08 bits per heavy atom. The third kappa shape index (κ3) is 5.26. The fourth-order valence-electron chi connectivity index (χ4n) is 4.73. The summed E-state index contributed by atoms with van der Waals surface area (Å²) >= 11 is 0. The third-order valence-corrected chi connectivity index (χ3v) is 6.79. The predicted octanol–water partition coefficient (Wildman–Crippen LogP) is 7.34. The molecule has 0 fully saturated rings. The average Bonchev–Trinajstić information content (AvgIpc) is 2.93. The molecule has 1 aliphatic rings. The lowest BCUT2D eigenvalue weighted by Crippen LogP contribution is -2.10. The zero-order valence-corrected chi connectivity index (χ0v) is 22.0. The molecule has 0 aliphatic heterocycles. The normalized spacial score (nSPS) is 13.4. The Morgan fingerprint density at radius 1 is 0.568 bits per heavy atom. The van der Waals surface area contributed by atoms with E-state index in [1.165, 1.54) is 50.3 Å². The topological polar surface area (TPSA) is 18.8 Å². The van der Waals surface area contributed by atoms with Crippen molar-refractivity contribution in [3.05, 3.63) is 143 Å². The van der Waals surface area contributed by atoms with E-state index in [9.17, 15) is 0 Å². The number of anilines is 2. The van der Waals surface area contributed by atoms with Crippen molar-refractivity contribution >= 4 is 28.2 Å². The van der Waals surface area contributed by atoms with Crippen LogP contribution in [0.15, 0.2) is 120 Å². The first-order valence-corrected chi connectivity index (χ1v) is 12.7. The van der Waals surface area contributed by atoms with Gasteiger partial charge in [-0.25, -0.2) is 0 Å². The molecule has 0 bridgehead atoms. The highest BCUT2D eigenvalue weighted by molar-refractivity contribution is 6.19. The van der Waals surface area contributed by atoms with Crippen molar-refractivity contribution in [2.45, 2.75) is 6.54 Å². The van der Waals surface area contributed by atoms with Crippen LogP contribution >= 0.6 is 0 Å². The monoisotopic (exact) mass is 483 g/mol. The van der Waals surface area contributed by atoms with Gasteiger partial charge in [0.25, 0.3) is 0 Å². The minimum atomic E-state index is 0.665. The van der Waals surface area contributed by atoms with E-state index in [0.29, 0.717) is 6.54 Å². The molecule has 0 atom stereocenters. The van der Waals surface area contributed by atoms with E-state index in [4.69, 9.17) is 4.99 Å². The van der Waals surface area contributed by atoms with Crippen LogP contribution in [0.1, 0.15) is 27.8 Å². The van der Waals surface area contributed by atoms with Gasteiger partial charge in [-0.05, 0) is 63.7 Å². The van der Waals surface area contributed by atoms with E-state index in [1.807, 2.05) is 6.07 Å². The first kappa shape index (κ1) is 24.3. The van der Waals surface area contributed by atoms with Gasteiger partial charge >= 0.3 is 0 Å². The van der Waals surface area contributed by atoms with Crippen LogP contribution in [0.3, 0.4) is 0 Å². The summed E-state index contributed by atoms with van der Waals surface area (Å²) in [4.78, 5) is 9.26. The highest BCUT2D eigenvalue weighted by atomic mass is 15.1. The first-order chi connectivity index (χ1) is 18.0. The Morgan fingerprint density at radius 3 is 1.62 bits per heavy atom. The zero-order chi connectivity index (χ0) is 25.8. The number of fused-ring (bicyclic) bond motifs is 1. The summed E-state index contributed by atoms with van der Waals surface area (Å²) in [5.74, 6) is 0. The van der Waals surface area contributed by atoms with Gasteiger partial charge in [-0.3, -0.25) is 4.99 Å². The summed E-state index contributed by atoms with van der Waals surface area (Å²) in [7, 11) is 8.30. The molecule has 4 aromatic carbocycles. The molecule has 0 heterocycles. The first-order valence-electron chi connectivity index (χ1n) is 12.7. The highest BCUT2D eigenvalue weighted by Gasteiger charge is 2.20. The van der Waals surface area contributed by atoms with Gasteiger partial charge in [0.15, 0.2) is 0 Å². The van der Waals surface area contributed by atoms with Crippen LogP contribution in [0.25, 0.3) is 11.1 Å². The molecule has 0 aromatic heterocycles. The van der Waals surface area contributed by atoms with Gasteiger partial charge in [-0.2, -0.15) is 0 Å². The van der Waals surface area contributed by atoms with Crippen LogP contribution in [-0.2, 0) is 6.54 Å². The number of nitrogens with zero attached hydrogens (tertiary/aromatic N) is 3. The summed E-state index contributed by atoms with van der Waals surface area (Å²) in [5, 5.41) is 0. The number of benzene rings is 4. The number of rotatable bonds is 6. The summed E-state index contributed by atoms with van der Waals surface area (Å²) in [5.41, 5.74) is 11.8. The molecular weight excluding hydrogens is 450 g/mol. The molecule has 1 aliphatic carbocycles. The van der Waals surface area contributed by atoms with Crippen LogP contribution in [0.5, 0.6) is 0 Å². The molecule has 0 saturated carbocycles. The van der Waals surface area contributed by atoms with Gasteiger partial charge in [-0.15, -0.1) is 0 Å². The van der Waals surface area contributed by atoms with Crippen molar-refractivity contribution in [2.24, 2.45) is 4.99 Å². The molecule has 37 heavy (non-hydrogen) atoms. The van der Waals surface area contributed by atoms with Crippen molar-refractivity contribution in [2.75, 3.05) is 38.0 Å². The lowest BCUT2D eigenvalue weighted by atomic mass is 9.83. The molecule has 0 amide bonds. The van der Waals surface area contributed by atoms with Crippen molar-refractivity contribution in [1.29, 1.82) is 0 Å². The largest absolute Gasteiger partial charge is 0.378 e. The van der Waals surface area contributed by atoms with Crippen LogP contribution < -0.4 is 9.80 Å². The summed E-state index contributed by atoms with van der Waals surface area (Å²) in [6, 6.07) is 36.7. The van der Waals surface area contributed by atoms with Gasteiger partial charge in [0.05, 0.1) is 12.3 Å². The molecule has 3 heteroatoms. The Bertz CT molecular complexity index is 1400. The van der Waals surface area contributed by atoms with Gasteiger partial charge < -0.3 is 9.80 Å². The predicted molar refractivity (Wildman–Crippen MR) is 160 cm³/mol. The second-order valence-electron chi connectivity index (χ2n) is 9.74. The second kappa shape index (κ2) is 10.7. The van der Waals surface area contributed by atoms with E-state index in [0.717, 1.165) is 5.71 Å². The molecule has 4 aromatic rings. The maximum Gasteiger partial charge on any atom is 0.0657 e. The molecule has 0 spiro atoms. The van der Waals surface area contributed by atoms with Crippen molar-refractivity contribution in [3.8, 4) is 0 Å². The maximum absolute atomic E-state index is 4.99. The van der Waals surface area contributed by atoms with Gasteiger partial charge in [-0.1, -0.05) is 84.9 Å². The van der Waals surface area contributed by atoms with Crippen LogP contribution in [0.2, 0.25) is 0 Å². The van der Waals surface area contributed by atoms with E-state index < -0.39 is 0 Å². The average molecular weight is 484 g/mol. The molecule has 0 radical (unpaired) electrons. The molecular formula is C34H33N3. The summed E-state index contributed by atoms with van der Waals surface area (Å²) in [6.07, 6.45) is 4.41. The highest BCUT2D eigenvalue weighted by Crippen LogP contribution is 2.38. The van der Waals surface area contributed by atoms with E-state index in [2.05, 4.69) is 147 Å². The Hall–Kier alpha value is -4.37. The Kier molecular flexibility index (Phi) is 7.04. The summed E-state index contributed by atoms with van der Waals surface area (Å²) < 4.78 is 0. The fraction of sp³-hybridized carbons (Fsp3) is 0.147. The van der Waals surface area contributed by atoms with Gasteiger partial charge in [0.1, 0.15) is 0 Å². The molecule has 5 rings (SSSR count).